The molecular weight excluding hydrogens is 432 g/mol. The lowest BCUT2D eigenvalue weighted by Gasteiger charge is -2.38. The number of carbonyl (C=O) groups is 2. The Hall–Kier alpha value is -4.10. The van der Waals surface area contributed by atoms with Crippen LogP contribution in [0.1, 0.15) is 28.8 Å². The molecule has 2 aliphatic rings. The molecule has 0 bridgehead atoms. The lowest BCUT2D eigenvalue weighted by molar-refractivity contribution is -0.384. The first-order valence-electron chi connectivity index (χ1n) is 9.55. The van der Waals surface area contributed by atoms with E-state index >= 15 is 0 Å². The lowest BCUT2D eigenvalue weighted by atomic mass is 9.82. The molecule has 1 amide bonds. The third-order valence-electron chi connectivity index (χ3n) is 5.09. The Bertz CT molecular complexity index is 1280. The number of benzene rings is 2. The Kier molecular flexibility index (Phi) is 5.42. The summed E-state index contributed by atoms with van der Waals surface area (Å²) in [7, 11) is 0. The van der Waals surface area contributed by atoms with E-state index in [1.165, 1.54) is 30.0 Å². The topological polar surface area (TPSA) is 140 Å². The van der Waals surface area contributed by atoms with E-state index in [0.717, 1.165) is 4.90 Å². The van der Waals surface area contributed by atoms with E-state index < -0.39 is 22.7 Å². The average Bonchev–Trinajstić information content (AvgIpc) is 2.79. The Morgan fingerprint density at radius 3 is 2.75 bits per heavy atom. The summed E-state index contributed by atoms with van der Waals surface area (Å²) in [5.41, 5.74) is 6.82. The molecule has 1 atom stereocenters. The summed E-state index contributed by atoms with van der Waals surface area (Å²) in [4.78, 5) is 38.7. The van der Waals surface area contributed by atoms with Gasteiger partial charge in [-0.3, -0.25) is 19.8 Å². The quantitative estimate of drug-likeness (QED) is 0.426. The van der Waals surface area contributed by atoms with Gasteiger partial charge in [0, 0.05) is 17.0 Å². The molecule has 0 aromatic heterocycles. The fraction of sp³-hybridized carbons (Fsp3) is 0.136. The standard InChI is InChI=1S/C22H16N4O5S/c1-2-31-22(28)18-17(12-6-5-7-13(10-12)26(29)30)15(11-23)21-25(19(18)24)20(27)14-8-3-4-9-16(14)32-21/h3-10,17H,2,24H2,1H3. The number of non-ortho nitro benzene ring substituents is 1. The molecule has 1 unspecified atom stereocenters. The van der Waals surface area contributed by atoms with Crippen molar-refractivity contribution in [2.45, 2.75) is 17.7 Å². The number of fused-ring (bicyclic) bond motifs is 2. The van der Waals surface area contributed by atoms with Crippen LogP contribution in [0.15, 0.2) is 75.4 Å². The molecular formula is C22H16N4O5S. The van der Waals surface area contributed by atoms with Gasteiger partial charge in [0.1, 0.15) is 10.9 Å². The van der Waals surface area contributed by atoms with Gasteiger partial charge in [-0.1, -0.05) is 36.0 Å². The summed E-state index contributed by atoms with van der Waals surface area (Å²) in [6, 6.07) is 14.6. The number of allylic oxidation sites excluding steroid dienone is 1. The van der Waals surface area contributed by atoms with Crippen LogP contribution >= 0.6 is 11.8 Å². The molecule has 2 aromatic rings. The molecule has 0 spiro atoms. The Morgan fingerprint density at radius 1 is 1.31 bits per heavy atom. The molecule has 4 rings (SSSR count). The summed E-state index contributed by atoms with van der Waals surface area (Å²) in [5, 5.41) is 21.7. The van der Waals surface area contributed by atoms with Crippen molar-refractivity contribution in [1.82, 2.24) is 4.90 Å². The minimum Gasteiger partial charge on any atom is -0.463 e. The van der Waals surface area contributed by atoms with Crippen molar-refractivity contribution < 1.29 is 19.2 Å². The minimum absolute atomic E-state index is 0.0429. The molecule has 160 valence electrons. The number of hydrogen-bond donors (Lipinski definition) is 1. The molecule has 0 saturated carbocycles. The summed E-state index contributed by atoms with van der Waals surface area (Å²) < 4.78 is 5.17. The zero-order valence-electron chi connectivity index (χ0n) is 16.8. The van der Waals surface area contributed by atoms with E-state index in [4.69, 9.17) is 10.5 Å². The highest BCUT2D eigenvalue weighted by Crippen LogP contribution is 2.49. The number of nitro benzene ring substituents is 1. The maximum absolute atomic E-state index is 13.2. The highest BCUT2D eigenvalue weighted by atomic mass is 32.2. The first-order valence-corrected chi connectivity index (χ1v) is 10.4. The Balaban J connectivity index is 2.00. The molecule has 0 fully saturated rings. The third kappa shape index (κ3) is 3.29. The number of carbonyl (C=O) groups excluding carboxylic acids is 2. The zero-order chi connectivity index (χ0) is 23.0. The van der Waals surface area contributed by atoms with Crippen molar-refractivity contribution in [3.8, 4) is 6.07 Å². The van der Waals surface area contributed by atoms with Crippen LogP contribution < -0.4 is 5.73 Å². The van der Waals surface area contributed by atoms with Gasteiger partial charge in [-0.2, -0.15) is 5.26 Å². The highest BCUT2D eigenvalue weighted by Gasteiger charge is 2.44. The van der Waals surface area contributed by atoms with Crippen LogP contribution in [0.4, 0.5) is 5.69 Å². The Morgan fingerprint density at radius 2 is 2.06 bits per heavy atom. The number of nitriles is 1. The van der Waals surface area contributed by atoms with Crippen molar-refractivity contribution in [3.05, 3.63) is 91.8 Å². The number of nitrogens with zero attached hydrogens (tertiary/aromatic N) is 3. The van der Waals surface area contributed by atoms with Gasteiger partial charge in [-0.05, 0) is 24.6 Å². The summed E-state index contributed by atoms with van der Waals surface area (Å²) in [6.45, 7) is 1.66. The number of amides is 1. The van der Waals surface area contributed by atoms with Crippen LogP contribution in [0.25, 0.3) is 0 Å². The maximum atomic E-state index is 13.2. The fourth-order valence-electron chi connectivity index (χ4n) is 3.72. The average molecular weight is 448 g/mol. The van der Waals surface area contributed by atoms with Crippen LogP contribution in [-0.2, 0) is 9.53 Å². The van der Waals surface area contributed by atoms with Crippen LogP contribution in [0.3, 0.4) is 0 Å². The van der Waals surface area contributed by atoms with E-state index in [-0.39, 0.29) is 34.3 Å². The molecule has 2 heterocycles. The zero-order valence-corrected chi connectivity index (χ0v) is 17.6. The van der Waals surface area contributed by atoms with E-state index in [2.05, 4.69) is 6.07 Å². The van der Waals surface area contributed by atoms with Gasteiger partial charge in [-0.25, -0.2) is 4.79 Å². The van der Waals surface area contributed by atoms with Gasteiger partial charge in [0.05, 0.1) is 40.2 Å². The van der Waals surface area contributed by atoms with Gasteiger partial charge < -0.3 is 10.5 Å². The number of ether oxygens (including phenoxy) is 1. The van der Waals surface area contributed by atoms with E-state index in [0.29, 0.717) is 16.0 Å². The van der Waals surface area contributed by atoms with Gasteiger partial charge in [-0.15, -0.1) is 0 Å². The monoisotopic (exact) mass is 448 g/mol. The third-order valence-corrected chi connectivity index (χ3v) is 6.26. The van der Waals surface area contributed by atoms with Gasteiger partial charge >= 0.3 is 5.97 Å². The van der Waals surface area contributed by atoms with Crippen molar-refractivity contribution in [1.29, 1.82) is 5.26 Å². The van der Waals surface area contributed by atoms with Crippen molar-refractivity contribution in [2.24, 2.45) is 5.73 Å². The fourth-order valence-corrected chi connectivity index (χ4v) is 4.89. The summed E-state index contributed by atoms with van der Waals surface area (Å²) >= 11 is 1.18. The second kappa shape index (κ2) is 8.20. The normalized spacial score (nSPS) is 17.4. The molecule has 0 saturated heterocycles. The largest absolute Gasteiger partial charge is 0.463 e. The predicted molar refractivity (Wildman–Crippen MR) is 115 cm³/mol. The maximum Gasteiger partial charge on any atom is 0.338 e. The van der Waals surface area contributed by atoms with E-state index in [9.17, 15) is 25.0 Å². The van der Waals surface area contributed by atoms with Gasteiger partial charge in [0.2, 0.25) is 0 Å². The van der Waals surface area contributed by atoms with Gasteiger partial charge in [0.15, 0.2) is 0 Å². The number of nitro groups is 1. The second-order valence-corrected chi connectivity index (χ2v) is 7.90. The van der Waals surface area contributed by atoms with Crippen LogP contribution in [0, 0.1) is 21.4 Å². The number of esters is 1. The molecule has 0 radical (unpaired) electrons. The van der Waals surface area contributed by atoms with Crippen LogP contribution in [0.5, 0.6) is 0 Å². The SMILES string of the molecule is CCOC(=O)C1=C(N)N2C(=O)c3ccccc3SC2=C(C#N)C1c1cccc([N+](=O)[O-])c1. The number of thioether (sulfide) groups is 1. The van der Waals surface area contributed by atoms with Gasteiger partial charge in [0.25, 0.3) is 11.6 Å². The summed E-state index contributed by atoms with van der Waals surface area (Å²) in [6.07, 6.45) is 0. The van der Waals surface area contributed by atoms with Crippen molar-refractivity contribution >= 4 is 29.3 Å². The second-order valence-electron chi connectivity index (χ2n) is 6.87. The minimum atomic E-state index is -1.03. The molecule has 10 heteroatoms. The lowest BCUT2D eigenvalue weighted by Crippen LogP contribution is -2.42. The molecule has 2 aliphatic heterocycles. The molecule has 9 nitrogen and oxygen atoms in total. The smallest absolute Gasteiger partial charge is 0.338 e. The van der Waals surface area contributed by atoms with E-state index in [1.807, 2.05) is 0 Å². The summed E-state index contributed by atoms with van der Waals surface area (Å²) in [5.74, 6) is -2.47. The van der Waals surface area contributed by atoms with Crippen molar-refractivity contribution in [2.75, 3.05) is 6.61 Å². The molecule has 2 N–H and O–H groups in total. The van der Waals surface area contributed by atoms with E-state index in [1.54, 1.807) is 37.3 Å². The molecule has 0 aliphatic carbocycles. The predicted octanol–water partition coefficient (Wildman–Crippen LogP) is 3.41. The number of rotatable bonds is 4. The van der Waals surface area contributed by atoms with Crippen LogP contribution in [-0.4, -0.2) is 28.3 Å². The first kappa shape index (κ1) is 21.1. The molecule has 2 aromatic carbocycles. The molecule has 32 heavy (non-hydrogen) atoms. The highest BCUT2D eigenvalue weighted by molar-refractivity contribution is 8.03. The Labute approximate surface area is 186 Å². The first-order chi connectivity index (χ1) is 15.4. The number of hydrogen-bond acceptors (Lipinski definition) is 8. The number of nitrogens with two attached hydrogens (primary N) is 1. The van der Waals surface area contributed by atoms with Crippen molar-refractivity contribution in [3.63, 3.8) is 0 Å². The van der Waals surface area contributed by atoms with Crippen LogP contribution in [0.2, 0.25) is 0 Å².